The van der Waals surface area contributed by atoms with Crippen LogP contribution in [0.3, 0.4) is 0 Å². The van der Waals surface area contributed by atoms with Gasteiger partial charge in [0.15, 0.2) is 0 Å². The summed E-state index contributed by atoms with van der Waals surface area (Å²) in [4.78, 5) is 8.64. The molecule has 0 aliphatic carbocycles. The van der Waals surface area contributed by atoms with Crippen LogP contribution in [-0.2, 0) is 25.9 Å². The minimum atomic E-state index is 0.879. The van der Waals surface area contributed by atoms with Gasteiger partial charge in [0.05, 0.1) is 0 Å². The third kappa shape index (κ3) is 3.63. The van der Waals surface area contributed by atoms with E-state index in [1.165, 1.54) is 19.6 Å². The van der Waals surface area contributed by atoms with E-state index in [1.807, 2.05) is 28.9 Å². The van der Waals surface area contributed by atoms with Gasteiger partial charge in [0, 0.05) is 33.9 Å². The van der Waals surface area contributed by atoms with Crippen LogP contribution in [0.5, 0.6) is 0 Å². The largest absolute Gasteiger partial charge is 0.306 e. The van der Waals surface area contributed by atoms with Gasteiger partial charge in [-0.15, -0.1) is 22.7 Å². The number of thiazole rings is 1. The highest BCUT2D eigenvalue weighted by molar-refractivity contribution is 7.12. The first-order valence-corrected chi connectivity index (χ1v) is 7.67. The molecule has 17 heavy (non-hydrogen) atoms. The summed E-state index contributed by atoms with van der Waals surface area (Å²) < 4.78 is 0. The standard InChI is InChI=1S/C13H18N2S2/c1-3-10-5-6-12(16-10)7-14-9-13-15-8-11(4-2)17-13/h5-6,8,14H,3-4,7,9H2,1-2H3. The van der Waals surface area contributed by atoms with Crippen molar-refractivity contribution in [3.63, 3.8) is 0 Å². The third-order valence-corrected chi connectivity index (χ3v) is 4.96. The number of nitrogens with zero attached hydrogens (tertiary/aromatic N) is 1. The van der Waals surface area contributed by atoms with E-state index in [0.29, 0.717) is 0 Å². The maximum absolute atomic E-state index is 4.40. The number of rotatable bonds is 6. The van der Waals surface area contributed by atoms with Crippen LogP contribution >= 0.6 is 22.7 Å². The van der Waals surface area contributed by atoms with E-state index in [2.05, 4.69) is 36.3 Å². The van der Waals surface area contributed by atoms with Gasteiger partial charge in [0.25, 0.3) is 0 Å². The molecule has 2 rings (SSSR count). The molecule has 2 aromatic rings. The second-order valence-corrected chi connectivity index (χ2v) is 6.35. The van der Waals surface area contributed by atoms with Crippen LogP contribution in [0.15, 0.2) is 18.3 Å². The van der Waals surface area contributed by atoms with Crippen LogP contribution in [0.25, 0.3) is 0 Å². The molecule has 0 bridgehead atoms. The molecule has 0 unspecified atom stereocenters. The number of aryl methyl sites for hydroxylation is 2. The summed E-state index contributed by atoms with van der Waals surface area (Å²) in [5.74, 6) is 0. The molecule has 0 aromatic carbocycles. The summed E-state index contributed by atoms with van der Waals surface area (Å²) in [6, 6.07) is 4.44. The third-order valence-electron chi connectivity index (χ3n) is 2.59. The van der Waals surface area contributed by atoms with Crippen LogP contribution in [0.2, 0.25) is 0 Å². The van der Waals surface area contributed by atoms with Crippen LogP contribution < -0.4 is 5.32 Å². The molecule has 0 fully saturated rings. The summed E-state index contributed by atoms with van der Waals surface area (Å²) in [6.07, 6.45) is 4.21. The molecule has 0 radical (unpaired) electrons. The Hall–Kier alpha value is -0.710. The Morgan fingerprint density at radius 1 is 1.00 bits per heavy atom. The average Bonchev–Trinajstić information content (AvgIpc) is 2.97. The van der Waals surface area contributed by atoms with E-state index in [4.69, 9.17) is 0 Å². The predicted molar refractivity (Wildman–Crippen MR) is 75.7 cm³/mol. The normalized spacial score (nSPS) is 10.9. The molecule has 92 valence electrons. The number of nitrogens with one attached hydrogen (secondary N) is 1. The summed E-state index contributed by atoms with van der Waals surface area (Å²) in [6.45, 7) is 6.20. The van der Waals surface area contributed by atoms with Crippen molar-refractivity contribution in [3.05, 3.63) is 38.0 Å². The highest BCUT2D eigenvalue weighted by atomic mass is 32.1. The Labute approximate surface area is 111 Å². The summed E-state index contributed by atoms with van der Waals surface area (Å²) in [5, 5.41) is 4.64. The fourth-order valence-electron chi connectivity index (χ4n) is 1.59. The van der Waals surface area contributed by atoms with Crippen molar-refractivity contribution in [2.75, 3.05) is 0 Å². The fourth-order valence-corrected chi connectivity index (χ4v) is 3.35. The molecule has 1 N–H and O–H groups in total. The van der Waals surface area contributed by atoms with Crippen molar-refractivity contribution in [1.82, 2.24) is 10.3 Å². The van der Waals surface area contributed by atoms with Crippen molar-refractivity contribution >= 4 is 22.7 Å². The topological polar surface area (TPSA) is 24.9 Å². The van der Waals surface area contributed by atoms with Gasteiger partial charge in [-0.25, -0.2) is 4.98 Å². The highest BCUT2D eigenvalue weighted by Gasteiger charge is 2.01. The van der Waals surface area contributed by atoms with Crippen molar-refractivity contribution in [3.8, 4) is 0 Å². The molecule has 2 nitrogen and oxygen atoms in total. The lowest BCUT2D eigenvalue weighted by molar-refractivity contribution is 0.697. The molecule has 0 saturated carbocycles. The zero-order valence-electron chi connectivity index (χ0n) is 10.3. The maximum Gasteiger partial charge on any atom is 0.107 e. The predicted octanol–water partition coefficient (Wildman–Crippen LogP) is 3.62. The molecule has 0 amide bonds. The number of hydrogen-bond donors (Lipinski definition) is 1. The van der Waals surface area contributed by atoms with E-state index in [0.717, 1.165) is 25.9 Å². The maximum atomic E-state index is 4.40. The molecule has 0 aliphatic rings. The second-order valence-electron chi connectivity index (χ2n) is 3.90. The van der Waals surface area contributed by atoms with Gasteiger partial charge in [-0.2, -0.15) is 0 Å². The first kappa shape index (κ1) is 12.7. The lowest BCUT2D eigenvalue weighted by Crippen LogP contribution is -2.11. The molecule has 0 aliphatic heterocycles. The molecule has 2 aromatic heterocycles. The fraction of sp³-hybridized carbons (Fsp3) is 0.462. The Morgan fingerprint density at radius 2 is 1.76 bits per heavy atom. The van der Waals surface area contributed by atoms with E-state index < -0.39 is 0 Å². The average molecular weight is 266 g/mol. The van der Waals surface area contributed by atoms with Crippen molar-refractivity contribution in [2.24, 2.45) is 0 Å². The molecule has 0 saturated heterocycles. The Balaban J connectivity index is 1.79. The van der Waals surface area contributed by atoms with Gasteiger partial charge in [-0.05, 0) is 25.0 Å². The number of aromatic nitrogens is 1. The molecular weight excluding hydrogens is 248 g/mol. The van der Waals surface area contributed by atoms with Gasteiger partial charge in [0.2, 0.25) is 0 Å². The monoisotopic (exact) mass is 266 g/mol. The minimum absolute atomic E-state index is 0.879. The van der Waals surface area contributed by atoms with Crippen LogP contribution in [0.1, 0.15) is 33.5 Å². The lowest BCUT2D eigenvalue weighted by atomic mass is 10.3. The first-order valence-electron chi connectivity index (χ1n) is 6.03. The SMILES string of the molecule is CCc1ccc(CNCc2ncc(CC)s2)s1. The van der Waals surface area contributed by atoms with E-state index in [9.17, 15) is 0 Å². The zero-order valence-corrected chi connectivity index (χ0v) is 12.0. The van der Waals surface area contributed by atoms with Crippen LogP contribution in [0.4, 0.5) is 0 Å². The van der Waals surface area contributed by atoms with Gasteiger partial charge in [-0.3, -0.25) is 0 Å². The summed E-state index contributed by atoms with van der Waals surface area (Å²) in [7, 11) is 0. The first-order chi connectivity index (χ1) is 8.31. The molecule has 0 spiro atoms. The van der Waals surface area contributed by atoms with Gasteiger partial charge in [-0.1, -0.05) is 13.8 Å². The van der Waals surface area contributed by atoms with E-state index in [-0.39, 0.29) is 0 Å². The van der Waals surface area contributed by atoms with E-state index >= 15 is 0 Å². The number of hydrogen-bond acceptors (Lipinski definition) is 4. The Kier molecular flexibility index (Phi) is 4.71. The van der Waals surface area contributed by atoms with Crippen molar-refractivity contribution < 1.29 is 0 Å². The van der Waals surface area contributed by atoms with Gasteiger partial charge in [0.1, 0.15) is 5.01 Å². The molecule has 0 atom stereocenters. The van der Waals surface area contributed by atoms with Gasteiger partial charge >= 0.3 is 0 Å². The van der Waals surface area contributed by atoms with Crippen LogP contribution in [-0.4, -0.2) is 4.98 Å². The van der Waals surface area contributed by atoms with E-state index in [1.54, 1.807) is 0 Å². The minimum Gasteiger partial charge on any atom is -0.306 e. The number of thiophene rings is 1. The smallest absolute Gasteiger partial charge is 0.107 e. The van der Waals surface area contributed by atoms with Gasteiger partial charge < -0.3 is 5.32 Å². The molecule has 2 heterocycles. The Bertz CT molecular complexity index is 417. The van der Waals surface area contributed by atoms with Crippen LogP contribution in [0, 0.1) is 0 Å². The highest BCUT2D eigenvalue weighted by Crippen LogP contribution is 2.17. The Morgan fingerprint density at radius 3 is 2.41 bits per heavy atom. The van der Waals surface area contributed by atoms with Crippen molar-refractivity contribution in [2.45, 2.75) is 39.8 Å². The summed E-state index contributed by atoms with van der Waals surface area (Å²) >= 11 is 3.71. The van der Waals surface area contributed by atoms with Crippen molar-refractivity contribution in [1.29, 1.82) is 0 Å². The lowest BCUT2D eigenvalue weighted by Gasteiger charge is -1.99. The quantitative estimate of drug-likeness (QED) is 0.864. The molecular formula is C13H18N2S2. The second kappa shape index (κ2) is 6.28. The summed E-state index contributed by atoms with van der Waals surface area (Å²) in [5.41, 5.74) is 0. The zero-order chi connectivity index (χ0) is 12.1. The molecule has 4 heteroatoms.